The molecular formula is C21H20F3N3O2S. The number of carbonyl (C=O) groups is 1. The highest BCUT2D eigenvalue weighted by Crippen LogP contribution is 2.34. The summed E-state index contributed by atoms with van der Waals surface area (Å²) in [6, 6.07) is 5.92. The topological polar surface area (TPSA) is 64.1 Å². The van der Waals surface area contributed by atoms with Gasteiger partial charge < -0.3 is 10.1 Å². The van der Waals surface area contributed by atoms with Gasteiger partial charge in [-0.05, 0) is 55.9 Å². The standard InChI is InChI=1S/C21H20F3N3O2S/c1-12-15-7-8-16(21(22,23)24)27-20(15)30-18(12)19(28)26-11-13-6-9-17(25-10-13)29-14-4-2-3-5-14/h6-10,14H,2-5,11H2,1H3,(H,26,28). The molecule has 4 rings (SSSR count). The number of amides is 1. The fourth-order valence-electron chi connectivity index (χ4n) is 3.50. The number of hydrogen-bond donors (Lipinski definition) is 1. The number of rotatable bonds is 5. The number of hydrogen-bond acceptors (Lipinski definition) is 5. The average molecular weight is 435 g/mol. The number of halogens is 3. The van der Waals surface area contributed by atoms with E-state index in [9.17, 15) is 18.0 Å². The predicted octanol–water partition coefficient (Wildman–Crippen LogP) is 5.27. The fraction of sp³-hybridized carbons (Fsp3) is 0.381. The Hall–Kier alpha value is -2.68. The summed E-state index contributed by atoms with van der Waals surface area (Å²) in [5.74, 6) is 0.221. The predicted molar refractivity (Wildman–Crippen MR) is 108 cm³/mol. The average Bonchev–Trinajstić information content (AvgIpc) is 3.34. The lowest BCUT2D eigenvalue weighted by atomic mass is 10.1. The first-order chi connectivity index (χ1) is 14.3. The Morgan fingerprint density at radius 1 is 1.23 bits per heavy atom. The van der Waals surface area contributed by atoms with E-state index in [1.165, 1.54) is 18.9 Å². The first-order valence-corrected chi connectivity index (χ1v) is 10.5. The Morgan fingerprint density at radius 3 is 2.67 bits per heavy atom. The largest absolute Gasteiger partial charge is 0.474 e. The number of fused-ring (bicyclic) bond motifs is 1. The van der Waals surface area contributed by atoms with Gasteiger partial charge in [0, 0.05) is 24.2 Å². The van der Waals surface area contributed by atoms with Gasteiger partial charge in [0.25, 0.3) is 5.91 Å². The second-order valence-electron chi connectivity index (χ2n) is 7.31. The Bertz CT molecular complexity index is 1060. The SMILES string of the molecule is Cc1c(C(=O)NCc2ccc(OC3CCCC3)nc2)sc2nc(C(F)(F)F)ccc12. The van der Waals surface area contributed by atoms with Crippen molar-refractivity contribution in [2.45, 2.75) is 51.4 Å². The minimum absolute atomic E-state index is 0.197. The third-order valence-electron chi connectivity index (χ3n) is 5.14. The molecule has 1 amide bonds. The molecule has 0 spiro atoms. The highest BCUT2D eigenvalue weighted by molar-refractivity contribution is 7.20. The van der Waals surface area contributed by atoms with Crippen molar-refractivity contribution >= 4 is 27.5 Å². The second-order valence-corrected chi connectivity index (χ2v) is 8.31. The quantitative estimate of drug-likeness (QED) is 0.593. The number of nitrogens with zero attached hydrogens (tertiary/aromatic N) is 2. The molecule has 0 atom stereocenters. The third kappa shape index (κ3) is 4.40. The molecule has 1 aliphatic carbocycles. The summed E-state index contributed by atoms with van der Waals surface area (Å²) >= 11 is 0.959. The second kappa shape index (κ2) is 8.22. The van der Waals surface area contributed by atoms with Gasteiger partial charge in [-0.2, -0.15) is 13.2 Å². The van der Waals surface area contributed by atoms with E-state index in [1.54, 1.807) is 19.2 Å². The molecule has 0 aliphatic heterocycles. The molecule has 158 valence electrons. The first-order valence-electron chi connectivity index (χ1n) is 9.68. The monoisotopic (exact) mass is 435 g/mol. The van der Waals surface area contributed by atoms with E-state index < -0.39 is 11.9 Å². The molecule has 3 heterocycles. The first kappa shape index (κ1) is 20.6. The van der Waals surface area contributed by atoms with Crippen LogP contribution in [0.5, 0.6) is 5.88 Å². The number of carbonyl (C=O) groups excluding carboxylic acids is 1. The Balaban J connectivity index is 1.42. The van der Waals surface area contributed by atoms with E-state index >= 15 is 0 Å². The van der Waals surface area contributed by atoms with E-state index in [-0.39, 0.29) is 23.4 Å². The van der Waals surface area contributed by atoms with Crippen molar-refractivity contribution in [1.29, 1.82) is 0 Å². The zero-order valence-corrected chi connectivity index (χ0v) is 17.1. The fourth-order valence-corrected chi connectivity index (χ4v) is 4.59. The van der Waals surface area contributed by atoms with Gasteiger partial charge in [0.2, 0.25) is 5.88 Å². The van der Waals surface area contributed by atoms with Crippen LogP contribution in [0.4, 0.5) is 13.2 Å². The van der Waals surface area contributed by atoms with Crippen molar-refractivity contribution in [1.82, 2.24) is 15.3 Å². The lowest BCUT2D eigenvalue weighted by Crippen LogP contribution is -2.22. The summed E-state index contributed by atoms with van der Waals surface area (Å²) in [4.78, 5) is 21.1. The van der Waals surface area contributed by atoms with Crippen LogP contribution in [0.3, 0.4) is 0 Å². The van der Waals surface area contributed by atoms with Gasteiger partial charge in [0.1, 0.15) is 16.6 Å². The highest BCUT2D eigenvalue weighted by atomic mass is 32.1. The molecule has 0 bridgehead atoms. The van der Waals surface area contributed by atoms with Crippen molar-refractivity contribution < 1.29 is 22.7 Å². The maximum absolute atomic E-state index is 12.9. The number of alkyl halides is 3. The molecule has 0 unspecified atom stereocenters. The Labute approximate surface area is 175 Å². The summed E-state index contributed by atoms with van der Waals surface area (Å²) in [5, 5.41) is 3.34. The highest BCUT2D eigenvalue weighted by Gasteiger charge is 2.33. The summed E-state index contributed by atoms with van der Waals surface area (Å²) in [6.45, 7) is 1.96. The minimum Gasteiger partial charge on any atom is -0.474 e. The summed E-state index contributed by atoms with van der Waals surface area (Å²) in [7, 11) is 0. The Kier molecular flexibility index (Phi) is 5.64. The van der Waals surface area contributed by atoms with Gasteiger partial charge in [0.15, 0.2) is 0 Å². The lowest BCUT2D eigenvalue weighted by Gasteiger charge is -2.12. The minimum atomic E-state index is -4.52. The van der Waals surface area contributed by atoms with Crippen LogP contribution < -0.4 is 10.1 Å². The zero-order valence-electron chi connectivity index (χ0n) is 16.3. The van der Waals surface area contributed by atoms with Crippen LogP contribution in [0.2, 0.25) is 0 Å². The molecule has 3 aromatic heterocycles. The van der Waals surface area contributed by atoms with E-state index in [1.807, 2.05) is 6.07 Å². The number of nitrogens with one attached hydrogen (secondary N) is 1. The van der Waals surface area contributed by atoms with Gasteiger partial charge in [-0.15, -0.1) is 11.3 Å². The van der Waals surface area contributed by atoms with E-state index in [2.05, 4.69) is 15.3 Å². The maximum atomic E-state index is 12.9. The third-order valence-corrected chi connectivity index (χ3v) is 6.34. The molecule has 3 aromatic rings. The van der Waals surface area contributed by atoms with Crippen LogP contribution in [0.15, 0.2) is 30.5 Å². The van der Waals surface area contributed by atoms with Crippen molar-refractivity contribution in [3.8, 4) is 5.88 Å². The van der Waals surface area contributed by atoms with E-state index in [0.29, 0.717) is 21.7 Å². The lowest BCUT2D eigenvalue weighted by molar-refractivity contribution is -0.140. The molecule has 9 heteroatoms. The summed E-state index contributed by atoms with van der Waals surface area (Å²) < 4.78 is 44.5. The van der Waals surface area contributed by atoms with Crippen LogP contribution in [-0.2, 0) is 12.7 Å². The van der Waals surface area contributed by atoms with Gasteiger partial charge >= 0.3 is 6.18 Å². The zero-order chi connectivity index (χ0) is 21.3. The summed E-state index contributed by atoms with van der Waals surface area (Å²) in [6.07, 6.45) is 1.82. The molecule has 5 nitrogen and oxygen atoms in total. The maximum Gasteiger partial charge on any atom is 0.433 e. The van der Waals surface area contributed by atoms with Crippen LogP contribution in [0.1, 0.15) is 52.2 Å². The number of aromatic nitrogens is 2. The molecular weight excluding hydrogens is 415 g/mol. The van der Waals surface area contributed by atoms with Gasteiger partial charge in [-0.25, -0.2) is 9.97 Å². The normalized spacial score (nSPS) is 14.9. The number of aryl methyl sites for hydroxylation is 1. The van der Waals surface area contributed by atoms with Crippen LogP contribution in [0, 0.1) is 6.92 Å². The van der Waals surface area contributed by atoms with Gasteiger partial charge in [-0.1, -0.05) is 6.07 Å². The van der Waals surface area contributed by atoms with Crippen LogP contribution >= 0.6 is 11.3 Å². The summed E-state index contributed by atoms with van der Waals surface area (Å²) in [5.41, 5.74) is 0.458. The molecule has 0 radical (unpaired) electrons. The van der Waals surface area contributed by atoms with E-state index in [0.717, 1.165) is 35.8 Å². The molecule has 1 fully saturated rings. The van der Waals surface area contributed by atoms with Crippen molar-refractivity contribution in [2.24, 2.45) is 0 Å². The van der Waals surface area contributed by atoms with E-state index in [4.69, 9.17) is 4.74 Å². The smallest absolute Gasteiger partial charge is 0.433 e. The van der Waals surface area contributed by atoms with Crippen LogP contribution in [0.25, 0.3) is 10.2 Å². The molecule has 1 aliphatic rings. The number of thiophene rings is 1. The number of ether oxygens (including phenoxy) is 1. The van der Waals surface area contributed by atoms with Crippen molar-refractivity contribution in [2.75, 3.05) is 0 Å². The molecule has 1 saturated carbocycles. The van der Waals surface area contributed by atoms with Gasteiger partial charge in [0.05, 0.1) is 4.88 Å². The molecule has 0 aromatic carbocycles. The van der Waals surface area contributed by atoms with Crippen LogP contribution in [-0.4, -0.2) is 22.0 Å². The van der Waals surface area contributed by atoms with Crippen molar-refractivity contribution in [3.05, 3.63) is 52.2 Å². The number of pyridine rings is 2. The van der Waals surface area contributed by atoms with Crippen molar-refractivity contribution in [3.63, 3.8) is 0 Å². The molecule has 30 heavy (non-hydrogen) atoms. The van der Waals surface area contributed by atoms with Gasteiger partial charge in [-0.3, -0.25) is 4.79 Å². The molecule has 1 N–H and O–H groups in total. The molecule has 0 saturated heterocycles. The Morgan fingerprint density at radius 2 is 2.00 bits per heavy atom.